The smallest absolute Gasteiger partial charge is 0.147 e. The van der Waals surface area contributed by atoms with Gasteiger partial charge in [-0.3, -0.25) is 10.4 Å². The molecule has 3 N–H and O–H groups in total. The fraction of sp³-hybridized carbons (Fsp3) is 0.583. The fourth-order valence-corrected chi connectivity index (χ4v) is 1.48. The van der Waals surface area contributed by atoms with Crippen molar-refractivity contribution in [1.29, 1.82) is 5.41 Å². The van der Waals surface area contributed by atoms with Gasteiger partial charge < -0.3 is 15.4 Å². The van der Waals surface area contributed by atoms with Crippen molar-refractivity contribution >= 4 is 11.7 Å². The summed E-state index contributed by atoms with van der Waals surface area (Å²) in [4.78, 5) is 10.8. The first-order chi connectivity index (χ1) is 8.54. The molecule has 0 amide bonds. The standard InChI is InChI=1S/C12H21N5O/c1-9-10(2)16-12(8-15-9)17(6-7-18-3)5-4-11(13)14/h8H,4-7H2,1-3H3,(H3,13,14). The first-order valence-corrected chi connectivity index (χ1v) is 5.91. The Bertz CT molecular complexity index is 407. The van der Waals surface area contributed by atoms with Gasteiger partial charge in [-0.05, 0) is 13.8 Å². The number of aromatic nitrogens is 2. The molecule has 0 aliphatic carbocycles. The highest BCUT2D eigenvalue weighted by Crippen LogP contribution is 2.12. The number of anilines is 1. The van der Waals surface area contributed by atoms with Gasteiger partial charge in [0.05, 0.1) is 30.0 Å². The number of nitrogens with one attached hydrogen (secondary N) is 1. The number of ether oxygens (including phenoxy) is 1. The van der Waals surface area contributed by atoms with Gasteiger partial charge in [-0.15, -0.1) is 0 Å². The highest BCUT2D eigenvalue weighted by Gasteiger charge is 2.10. The second kappa shape index (κ2) is 6.90. The van der Waals surface area contributed by atoms with E-state index in [4.69, 9.17) is 15.9 Å². The lowest BCUT2D eigenvalue weighted by molar-refractivity contribution is 0.205. The van der Waals surface area contributed by atoms with Crippen LogP contribution in [0.1, 0.15) is 17.8 Å². The van der Waals surface area contributed by atoms with Gasteiger partial charge in [0.2, 0.25) is 0 Å². The molecule has 100 valence electrons. The third-order valence-corrected chi connectivity index (χ3v) is 2.72. The molecule has 1 heterocycles. The molecule has 0 unspecified atom stereocenters. The normalized spacial score (nSPS) is 10.4. The van der Waals surface area contributed by atoms with Crippen LogP contribution in [0.15, 0.2) is 6.20 Å². The summed E-state index contributed by atoms with van der Waals surface area (Å²) in [5.74, 6) is 0.977. The van der Waals surface area contributed by atoms with E-state index in [1.165, 1.54) is 0 Å². The highest BCUT2D eigenvalue weighted by atomic mass is 16.5. The molecule has 0 bridgehead atoms. The number of methoxy groups -OCH3 is 1. The van der Waals surface area contributed by atoms with E-state index in [0.717, 1.165) is 17.2 Å². The van der Waals surface area contributed by atoms with Gasteiger partial charge in [-0.25, -0.2) is 4.98 Å². The summed E-state index contributed by atoms with van der Waals surface area (Å²) in [6.07, 6.45) is 2.26. The molecule has 0 aliphatic heterocycles. The first-order valence-electron chi connectivity index (χ1n) is 5.91. The highest BCUT2D eigenvalue weighted by molar-refractivity contribution is 5.77. The molecule has 0 fully saturated rings. The Morgan fingerprint density at radius 2 is 2.11 bits per heavy atom. The van der Waals surface area contributed by atoms with Crippen molar-refractivity contribution < 1.29 is 4.74 Å². The van der Waals surface area contributed by atoms with Crippen LogP contribution in [0.25, 0.3) is 0 Å². The molecule has 18 heavy (non-hydrogen) atoms. The zero-order chi connectivity index (χ0) is 13.5. The molecule has 0 aromatic carbocycles. The third-order valence-electron chi connectivity index (χ3n) is 2.72. The zero-order valence-electron chi connectivity index (χ0n) is 11.2. The van der Waals surface area contributed by atoms with Crippen LogP contribution in [0.3, 0.4) is 0 Å². The average molecular weight is 251 g/mol. The molecular weight excluding hydrogens is 230 g/mol. The summed E-state index contributed by atoms with van der Waals surface area (Å²) in [5, 5.41) is 7.29. The summed E-state index contributed by atoms with van der Waals surface area (Å²) >= 11 is 0. The molecule has 6 heteroatoms. The van der Waals surface area contributed by atoms with E-state index in [0.29, 0.717) is 26.1 Å². The van der Waals surface area contributed by atoms with Crippen molar-refractivity contribution in [3.05, 3.63) is 17.6 Å². The second-order valence-electron chi connectivity index (χ2n) is 4.15. The summed E-state index contributed by atoms with van der Waals surface area (Å²) in [5.41, 5.74) is 7.23. The molecule has 0 saturated heterocycles. The number of hydrogen-bond donors (Lipinski definition) is 2. The number of aryl methyl sites for hydroxylation is 2. The van der Waals surface area contributed by atoms with Crippen LogP contribution in [0.4, 0.5) is 5.82 Å². The predicted octanol–water partition coefficient (Wildman–Crippen LogP) is 0.872. The van der Waals surface area contributed by atoms with Gasteiger partial charge in [-0.2, -0.15) is 0 Å². The Kier molecular flexibility index (Phi) is 5.51. The van der Waals surface area contributed by atoms with Crippen LogP contribution in [0, 0.1) is 19.3 Å². The number of amidine groups is 1. The molecule has 0 saturated carbocycles. The van der Waals surface area contributed by atoms with E-state index in [9.17, 15) is 0 Å². The topological polar surface area (TPSA) is 88.1 Å². The largest absolute Gasteiger partial charge is 0.388 e. The maximum Gasteiger partial charge on any atom is 0.147 e. The van der Waals surface area contributed by atoms with Crippen LogP contribution in [-0.2, 0) is 4.74 Å². The van der Waals surface area contributed by atoms with E-state index in [1.54, 1.807) is 13.3 Å². The Labute approximate surface area is 108 Å². The van der Waals surface area contributed by atoms with Crippen molar-refractivity contribution in [1.82, 2.24) is 9.97 Å². The third kappa shape index (κ3) is 4.29. The maximum absolute atomic E-state index is 7.29. The molecule has 1 aromatic heterocycles. The second-order valence-corrected chi connectivity index (χ2v) is 4.15. The molecule has 0 aliphatic rings. The summed E-state index contributed by atoms with van der Waals surface area (Å²) < 4.78 is 5.08. The lowest BCUT2D eigenvalue weighted by atomic mass is 10.3. The minimum Gasteiger partial charge on any atom is -0.388 e. The molecule has 6 nitrogen and oxygen atoms in total. The van der Waals surface area contributed by atoms with E-state index < -0.39 is 0 Å². The van der Waals surface area contributed by atoms with Gasteiger partial charge in [0.1, 0.15) is 5.82 Å². The average Bonchev–Trinajstić information content (AvgIpc) is 2.33. The summed E-state index contributed by atoms with van der Waals surface area (Å²) in [7, 11) is 1.66. The molecule has 0 spiro atoms. The summed E-state index contributed by atoms with van der Waals surface area (Å²) in [6.45, 7) is 5.83. The van der Waals surface area contributed by atoms with Crippen molar-refractivity contribution in [2.75, 3.05) is 31.7 Å². The van der Waals surface area contributed by atoms with Crippen molar-refractivity contribution in [2.24, 2.45) is 5.73 Å². The van der Waals surface area contributed by atoms with Gasteiger partial charge in [0, 0.05) is 26.6 Å². The van der Waals surface area contributed by atoms with Crippen LogP contribution < -0.4 is 10.6 Å². The number of nitrogens with zero attached hydrogens (tertiary/aromatic N) is 3. The first kappa shape index (κ1) is 14.4. The van der Waals surface area contributed by atoms with Crippen LogP contribution in [0.2, 0.25) is 0 Å². The number of nitrogens with two attached hydrogens (primary N) is 1. The number of rotatable bonds is 7. The van der Waals surface area contributed by atoms with Gasteiger partial charge in [0.25, 0.3) is 0 Å². The van der Waals surface area contributed by atoms with Crippen molar-refractivity contribution in [3.63, 3.8) is 0 Å². The fourth-order valence-electron chi connectivity index (χ4n) is 1.48. The van der Waals surface area contributed by atoms with E-state index in [2.05, 4.69) is 9.97 Å². The molecule has 1 rings (SSSR count). The van der Waals surface area contributed by atoms with Gasteiger partial charge in [0.15, 0.2) is 0 Å². The Morgan fingerprint density at radius 1 is 1.39 bits per heavy atom. The van der Waals surface area contributed by atoms with Crippen LogP contribution >= 0.6 is 0 Å². The molecule has 0 atom stereocenters. The Balaban J connectivity index is 2.79. The molecular formula is C12H21N5O. The predicted molar refractivity (Wildman–Crippen MR) is 72.1 cm³/mol. The van der Waals surface area contributed by atoms with Crippen molar-refractivity contribution in [3.8, 4) is 0 Å². The van der Waals surface area contributed by atoms with E-state index in [-0.39, 0.29) is 5.84 Å². The SMILES string of the molecule is COCCN(CCC(=N)N)c1cnc(C)c(C)n1. The minimum absolute atomic E-state index is 0.175. The quantitative estimate of drug-likeness (QED) is 0.554. The Morgan fingerprint density at radius 3 is 2.67 bits per heavy atom. The molecule has 1 aromatic rings. The van der Waals surface area contributed by atoms with Crippen LogP contribution in [0.5, 0.6) is 0 Å². The lowest BCUT2D eigenvalue weighted by Crippen LogP contribution is -2.31. The van der Waals surface area contributed by atoms with Crippen molar-refractivity contribution in [2.45, 2.75) is 20.3 Å². The van der Waals surface area contributed by atoms with E-state index in [1.807, 2.05) is 18.7 Å². The Hall–Kier alpha value is -1.69. The van der Waals surface area contributed by atoms with Gasteiger partial charge >= 0.3 is 0 Å². The maximum atomic E-state index is 7.29. The number of hydrogen-bond acceptors (Lipinski definition) is 5. The monoisotopic (exact) mass is 251 g/mol. The summed E-state index contributed by atoms with van der Waals surface area (Å²) in [6, 6.07) is 0. The van der Waals surface area contributed by atoms with Crippen LogP contribution in [-0.4, -0.2) is 42.6 Å². The lowest BCUT2D eigenvalue weighted by Gasteiger charge is -2.23. The van der Waals surface area contributed by atoms with Gasteiger partial charge in [-0.1, -0.05) is 0 Å². The zero-order valence-corrected chi connectivity index (χ0v) is 11.2. The molecule has 0 radical (unpaired) electrons. The van der Waals surface area contributed by atoms with E-state index >= 15 is 0 Å². The minimum atomic E-state index is 0.175.